The molecule has 1 fully saturated rings. The van der Waals surface area contributed by atoms with Crippen molar-refractivity contribution in [1.29, 1.82) is 0 Å². The maximum atomic E-state index is 12.5. The van der Waals surface area contributed by atoms with Crippen LogP contribution in [0.1, 0.15) is 62.5 Å². The molecule has 186 valence electrons. The molecule has 0 aliphatic heterocycles. The van der Waals surface area contributed by atoms with Gasteiger partial charge in [-0.15, -0.1) is 0 Å². The van der Waals surface area contributed by atoms with Crippen molar-refractivity contribution in [2.45, 2.75) is 57.4 Å². The molecule has 1 unspecified atom stereocenters. The van der Waals surface area contributed by atoms with Gasteiger partial charge in [-0.1, -0.05) is 55.5 Å². The van der Waals surface area contributed by atoms with Crippen LogP contribution in [-0.4, -0.2) is 42.3 Å². The van der Waals surface area contributed by atoms with Gasteiger partial charge in [0.2, 0.25) is 5.91 Å². The molecule has 0 aromatic heterocycles. The summed E-state index contributed by atoms with van der Waals surface area (Å²) in [5, 5.41) is 14.8. The van der Waals surface area contributed by atoms with Gasteiger partial charge in [0.05, 0.1) is 5.92 Å². The van der Waals surface area contributed by atoms with Crippen molar-refractivity contribution in [3.8, 4) is 11.1 Å². The number of alkyl carbamates (subject to hydrolysis) is 1. The quantitative estimate of drug-likeness (QED) is 0.429. The van der Waals surface area contributed by atoms with Crippen LogP contribution in [0.4, 0.5) is 4.79 Å². The monoisotopic (exact) mass is 478 g/mol. The van der Waals surface area contributed by atoms with Crippen LogP contribution in [0.2, 0.25) is 0 Å². The van der Waals surface area contributed by atoms with Gasteiger partial charge in [0, 0.05) is 24.9 Å². The molecule has 0 radical (unpaired) electrons. The molecule has 0 saturated heterocycles. The summed E-state index contributed by atoms with van der Waals surface area (Å²) in [5.74, 6) is -0.957. The van der Waals surface area contributed by atoms with Crippen molar-refractivity contribution >= 4 is 18.0 Å². The highest BCUT2D eigenvalue weighted by atomic mass is 16.5. The molecule has 3 N–H and O–H groups in total. The lowest BCUT2D eigenvalue weighted by atomic mass is 9.98. The number of nitrogens with one attached hydrogen (secondary N) is 2. The van der Waals surface area contributed by atoms with Gasteiger partial charge in [-0.05, 0) is 60.3 Å². The summed E-state index contributed by atoms with van der Waals surface area (Å²) in [6.07, 6.45) is 3.69. The Labute approximate surface area is 206 Å². The van der Waals surface area contributed by atoms with Crippen LogP contribution < -0.4 is 10.6 Å². The van der Waals surface area contributed by atoms with Crippen LogP contribution in [0.3, 0.4) is 0 Å². The molecule has 0 heterocycles. The zero-order valence-corrected chi connectivity index (χ0v) is 20.2. The van der Waals surface area contributed by atoms with Gasteiger partial charge in [-0.2, -0.15) is 0 Å². The normalized spacial score (nSPS) is 19.5. The maximum Gasteiger partial charge on any atom is 0.407 e. The number of ether oxygens (including phenoxy) is 1. The molecular formula is C28H34N2O5. The van der Waals surface area contributed by atoms with Crippen LogP contribution in [0.15, 0.2) is 48.5 Å². The zero-order valence-electron chi connectivity index (χ0n) is 20.2. The molecule has 7 nitrogen and oxygen atoms in total. The zero-order chi connectivity index (χ0) is 24.8. The molecule has 2 aromatic rings. The van der Waals surface area contributed by atoms with Gasteiger partial charge in [-0.3, -0.25) is 9.59 Å². The summed E-state index contributed by atoms with van der Waals surface area (Å²) in [6.45, 7) is 2.45. The maximum absolute atomic E-state index is 12.5. The number of fused-ring (bicyclic) bond motifs is 3. The third-order valence-corrected chi connectivity index (χ3v) is 7.24. The highest BCUT2D eigenvalue weighted by molar-refractivity contribution is 5.79. The molecule has 0 spiro atoms. The molecular weight excluding hydrogens is 444 g/mol. The summed E-state index contributed by atoms with van der Waals surface area (Å²) in [5.41, 5.74) is 4.77. The molecule has 0 bridgehead atoms. The Morgan fingerprint density at radius 3 is 2.34 bits per heavy atom. The van der Waals surface area contributed by atoms with Gasteiger partial charge in [0.15, 0.2) is 0 Å². The van der Waals surface area contributed by atoms with Crippen LogP contribution in [0, 0.1) is 11.8 Å². The van der Waals surface area contributed by atoms with E-state index in [2.05, 4.69) is 34.9 Å². The lowest BCUT2D eigenvalue weighted by Crippen LogP contribution is -2.34. The minimum atomic E-state index is -0.808. The van der Waals surface area contributed by atoms with Crippen molar-refractivity contribution in [2.24, 2.45) is 11.8 Å². The molecule has 2 aromatic carbocycles. The SMILES string of the molecule is CC(CCCNC(=O)C[C@H]1CC[C@@H](NC(=O)OCC2c3ccccc3-c3ccccc32)C1)C(=O)O. The summed E-state index contributed by atoms with van der Waals surface area (Å²) in [4.78, 5) is 35.6. The van der Waals surface area contributed by atoms with E-state index in [1.54, 1.807) is 6.92 Å². The lowest BCUT2D eigenvalue weighted by Gasteiger charge is -2.17. The summed E-state index contributed by atoms with van der Waals surface area (Å²) < 4.78 is 5.65. The van der Waals surface area contributed by atoms with Gasteiger partial charge in [-0.25, -0.2) is 4.79 Å². The van der Waals surface area contributed by atoms with E-state index in [1.165, 1.54) is 22.3 Å². The molecule has 4 rings (SSSR count). The minimum Gasteiger partial charge on any atom is -0.481 e. The summed E-state index contributed by atoms with van der Waals surface area (Å²) in [6, 6.07) is 16.5. The topological polar surface area (TPSA) is 105 Å². The van der Waals surface area contributed by atoms with E-state index in [0.29, 0.717) is 32.4 Å². The fraction of sp³-hybridized carbons (Fsp3) is 0.464. The van der Waals surface area contributed by atoms with E-state index >= 15 is 0 Å². The first kappa shape index (κ1) is 24.8. The highest BCUT2D eigenvalue weighted by Gasteiger charge is 2.31. The average Bonchev–Trinajstić information content (AvgIpc) is 3.42. The van der Waals surface area contributed by atoms with E-state index in [-0.39, 0.29) is 23.8 Å². The molecule has 3 atom stereocenters. The second-order valence-electron chi connectivity index (χ2n) is 9.78. The summed E-state index contributed by atoms with van der Waals surface area (Å²) >= 11 is 0. The van der Waals surface area contributed by atoms with Crippen molar-refractivity contribution in [3.05, 3.63) is 59.7 Å². The lowest BCUT2D eigenvalue weighted by molar-refractivity contribution is -0.141. The van der Waals surface area contributed by atoms with Gasteiger partial charge in [0.25, 0.3) is 0 Å². The molecule has 35 heavy (non-hydrogen) atoms. The molecule has 7 heteroatoms. The predicted octanol–water partition coefficient (Wildman–Crippen LogP) is 4.70. The second-order valence-corrected chi connectivity index (χ2v) is 9.78. The smallest absolute Gasteiger partial charge is 0.407 e. The van der Waals surface area contributed by atoms with Gasteiger partial charge in [0.1, 0.15) is 6.61 Å². The van der Waals surface area contributed by atoms with Crippen molar-refractivity contribution in [2.75, 3.05) is 13.2 Å². The van der Waals surface area contributed by atoms with Crippen LogP contribution in [0.5, 0.6) is 0 Å². The van der Waals surface area contributed by atoms with E-state index in [0.717, 1.165) is 19.3 Å². The summed E-state index contributed by atoms with van der Waals surface area (Å²) in [7, 11) is 0. The first-order chi connectivity index (χ1) is 16.9. The van der Waals surface area contributed by atoms with E-state index < -0.39 is 18.0 Å². The first-order valence-electron chi connectivity index (χ1n) is 12.5. The molecule has 2 aliphatic rings. The van der Waals surface area contributed by atoms with Crippen molar-refractivity contribution < 1.29 is 24.2 Å². The predicted molar refractivity (Wildman–Crippen MR) is 133 cm³/mol. The average molecular weight is 479 g/mol. The Balaban J connectivity index is 1.18. The number of rotatable bonds is 10. The Morgan fingerprint density at radius 1 is 1.03 bits per heavy atom. The number of carboxylic acids is 1. The van der Waals surface area contributed by atoms with Crippen molar-refractivity contribution in [1.82, 2.24) is 10.6 Å². The number of benzene rings is 2. The Morgan fingerprint density at radius 2 is 1.69 bits per heavy atom. The van der Waals surface area contributed by atoms with E-state index in [4.69, 9.17) is 9.84 Å². The molecule has 2 amide bonds. The largest absolute Gasteiger partial charge is 0.481 e. The van der Waals surface area contributed by atoms with Crippen LogP contribution in [0.25, 0.3) is 11.1 Å². The third kappa shape index (κ3) is 6.21. The van der Waals surface area contributed by atoms with Gasteiger partial charge < -0.3 is 20.5 Å². The second kappa shape index (κ2) is 11.4. The number of amides is 2. The third-order valence-electron chi connectivity index (χ3n) is 7.24. The number of carbonyl (C=O) groups is 3. The Hall–Kier alpha value is -3.35. The number of hydrogen-bond donors (Lipinski definition) is 3. The molecule has 2 aliphatic carbocycles. The van der Waals surface area contributed by atoms with Crippen LogP contribution >= 0.6 is 0 Å². The van der Waals surface area contributed by atoms with E-state index in [1.807, 2.05) is 24.3 Å². The fourth-order valence-corrected chi connectivity index (χ4v) is 5.29. The van der Waals surface area contributed by atoms with Crippen LogP contribution in [-0.2, 0) is 14.3 Å². The highest BCUT2D eigenvalue weighted by Crippen LogP contribution is 2.44. The van der Waals surface area contributed by atoms with E-state index in [9.17, 15) is 14.4 Å². The Kier molecular flexibility index (Phi) is 8.06. The fourth-order valence-electron chi connectivity index (χ4n) is 5.29. The van der Waals surface area contributed by atoms with Crippen molar-refractivity contribution in [3.63, 3.8) is 0 Å². The minimum absolute atomic E-state index is 0.0138. The number of hydrogen-bond acceptors (Lipinski definition) is 4. The Bertz CT molecular complexity index is 1020. The number of carbonyl (C=O) groups excluding carboxylic acids is 2. The molecule has 1 saturated carbocycles. The standard InChI is InChI=1S/C28H34N2O5/c1-18(27(32)33)7-6-14-29-26(31)16-19-12-13-20(15-19)30-28(34)35-17-25-23-10-4-2-8-21(23)22-9-3-5-11-24(22)25/h2-5,8-11,18-20,25H,6-7,12-17H2,1H3,(H,29,31)(H,30,34)(H,32,33)/t18?,19-,20+/m0/s1. The number of aliphatic carboxylic acids is 1. The first-order valence-corrected chi connectivity index (χ1v) is 12.5. The number of carboxylic acid groups (broad SMARTS) is 1. The van der Waals surface area contributed by atoms with Gasteiger partial charge >= 0.3 is 12.1 Å².